The SMILES string of the molecule is OCC(O)Cn1c2ccc3ccccc3c2c2c3ccccc3ccc21. The Kier molecular flexibility index (Phi) is 3.45. The van der Waals surface area contributed by atoms with Crippen molar-refractivity contribution in [2.24, 2.45) is 0 Å². The number of nitrogens with zero attached hydrogens (tertiary/aromatic N) is 1. The van der Waals surface area contributed by atoms with Crippen LogP contribution in [0.25, 0.3) is 43.4 Å². The van der Waals surface area contributed by atoms with Crippen LogP contribution in [0.3, 0.4) is 0 Å². The van der Waals surface area contributed by atoms with Crippen molar-refractivity contribution in [3.63, 3.8) is 0 Å². The Morgan fingerprint density at radius 1 is 0.692 bits per heavy atom. The molecule has 0 aliphatic heterocycles. The van der Waals surface area contributed by atoms with E-state index in [4.69, 9.17) is 0 Å². The van der Waals surface area contributed by atoms with Gasteiger partial charge in [-0.3, -0.25) is 0 Å². The second-order valence-corrected chi connectivity index (χ2v) is 6.81. The first-order chi connectivity index (χ1) is 12.8. The maximum Gasteiger partial charge on any atom is 0.0949 e. The Labute approximate surface area is 150 Å². The van der Waals surface area contributed by atoms with Crippen LogP contribution in [-0.2, 0) is 6.54 Å². The van der Waals surface area contributed by atoms with E-state index in [1.165, 1.54) is 32.3 Å². The number of benzene rings is 4. The lowest BCUT2D eigenvalue weighted by Crippen LogP contribution is -2.19. The van der Waals surface area contributed by atoms with Gasteiger partial charge in [0.25, 0.3) is 0 Å². The summed E-state index contributed by atoms with van der Waals surface area (Å²) >= 11 is 0. The van der Waals surface area contributed by atoms with Crippen molar-refractivity contribution in [2.45, 2.75) is 12.6 Å². The molecule has 26 heavy (non-hydrogen) atoms. The molecule has 5 rings (SSSR count). The van der Waals surface area contributed by atoms with E-state index in [2.05, 4.69) is 77.4 Å². The molecule has 1 heterocycles. The standard InChI is InChI=1S/C23H19NO2/c25-14-17(26)13-24-20-11-9-15-5-1-3-7-18(15)22(20)23-19-8-4-2-6-16(19)10-12-21(23)24/h1-12,17,25-26H,13-14H2. The van der Waals surface area contributed by atoms with Crippen LogP contribution in [0.4, 0.5) is 0 Å². The van der Waals surface area contributed by atoms with E-state index in [1.807, 2.05) is 0 Å². The topological polar surface area (TPSA) is 45.4 Å². The van der Waals surface area contributed by atoms with E-state index < -0.39 is 6.10 Å². The maximum atomic E-state index is 10.1. The number of aromatic nitrogens is 1. The Hall–Kier alpha value is -2.88. The molecule has 0 fully saturated rings. The normalized spacial score (nSPS) is 13.2. The van der Waals surface area contributed by atoms with Crippen LogP contribution in [-0.4, -0.2) is 27.5 Å². The van der Waals surface area contributed by atoms with Crippen molar-refractivity contribution < 1.29 is 10.2 Å². The molecule has 0 radical (unpaired) electrons. The molecule has 3 nitrogen and oxygen atoms in total. The maximum absolute atomic E-state index is 10.1. The molecule has 0 amide bonds. The Bertz CT molecular complexity index is 1180. The Morgan fingerprint density at radius 3 is 1.69 bits per heavy atom. The van der Waals surface area contributed by atoms with E-state index in [0.717, 1.165) is 11.0 Å². The molecule has 1 atom stereocenters. The summed E-state index contributed by atoms with van der Waals surface area (Å²) in [5.74, 6) is 0. The first-order valence-electron chi connectivity index (χ1n) is 8.88. The largest absolute Gasteiger partial charge is 0.394 e. The van der Waals surface area contributed by atoms with Gasteiger partial charge < -0.3 is 14.8 Å². The van der Waals surface area contributed by atoms with Gasteiger partial charge in [-0.25, -0.2) is 0 Å². The third-order valence-electron chi connectivity index (χ3n) is 5.25. The number of aliphatic hydroxyl groups excluding tert-OH is 2. The van der Waals surface area contributed by atoms with Crippen LogP contribution < -0.4 is 0 Å². The van der Waals surface area contributed by atoms with Gasteiger partial charge in [-0.05, 0) is 33.7 Å². The van der Waals surface area contributed by atoms with Gasteiger partial charge in [0.2, 0.25) is 0 Å². The predicted octanol–water partition coefficient (Wildman–Crippen LogP) is 4.45. The fourth-order valence-corrected chi connectivity index (χ4v) is 4.09. The lowest BCUT2D eigenvalue weighted by molar-refractivity contribution is 0.0831. The van der Waals surface area contributed by atoms with Crippen LogP contribution >= 0.6 is 0 Å². The van der Waals surface area contributed by atoms with Gasteiger partial charge in [-0.15, -0.1) is 0 Å². The number of hydrogen-bond donors (Lipinski definition) is 2. The molecule has 1 unspecified atom stereocenters. The average Bonchev–Trinajstić information content (AvgIpc) is 3.02. The molecule has 0 saturated carbocycles. The van der Waals surface area contributed by atoms with E-state index in [-0.39, 0.29) is 6.61 Å². The summed E-state index contributed by atoms with van der Waals surface area (Å²) in [4.78, 5) is 0. The average molecular weight is 341 g/mol. The zero-order valence-electron chi connectivity index (χ0n) is 14.3. The van der Waals surface area contributed by atoms with E-state index in [9.17, 15) is 10.2 Å². The highest BCUT2D eigenvalue weighted by atomic mass is 16.3. The van der Waals surface area contributed by atoms with Crippen LogP contribution in [0.5, 0.6) is 0 Å². The van der Waals surface area contributed by atoms with Gasteiger partial charge in [0, 0.05) is 21.8 Å². The highest BCUT2D eigenvalue weighted by Gasteiger charge is 2.17. The highest BCUT2D eigenvalue weighted by Crippen LogP contribution is 2.38. The predicted molar refractivity (Wildman–Crippen MR) is 108 cm³/mol. The summed E-state index contributed by atoms with van der Waals surface area (Å²) in [5.41, 5.74) is 2.17. The Balaban J connectivity index is 2.04. The molecule has 0 spiro atoms. The second kappa shape index (κ2) is 5.84. The van der Waals surface area contributed by atoms with E-state index in [0.29, 0.717) is 6.54 Å². The number of hydrogen-bond acceptors (Lipinski definition) is 2. The van der Waals surface area contributed by atoms with Crippen molar-refractivity contribution >= 4 is 43.4 Å². The summed E-state index contributed by atoms with van der Waals surface area (Å²) in [6, 6.07) is 25.3. The van der Waals surface area contributed by atoms with Crippen molar-refractivity contribution in [3.05, 3.63) is 72.8 Å². The van der Waals surface area contributed by atoms with Gasteiger partial charge in [-0.2, -0.15) is 0 Å². The third kappa shape index (κ3) is 2.15. The minimum absolute atomic E-state index is 0.248. The van der Waals surface area contributed by atoms with Crippen molar-refractivity contribution in [3.8, 4) is 0 Å². The van der Waals surface area contributed by atoms with Gasteiger partial charge in [0.1, 0.15) is 0 Å². The molecule has 0 aliphatic carbocycles. The van der Waals surface area contributed by atoms with E-state index in [1.54, 1.807) is 0 Å². The zero-order valence-corrected chi connectivity index (χ0v) is 14.3. The summed E-state index contributed by atoms with van der Waals surface area (Å²) in [7, 11) is 0. The summed E-state index contributed by atoms with van der Waals surface area (Å²) in [6.45, 7) is 0.121. The van der Waals surface area contributed by atoms with Crippen molar-refractivity contribution in [1.29, 1.82) is 0 Å². The fraction of sp³-hybridized carbons (Fsp3) is 0.130. The molecule has 1 aromatic heterocycles. The zero-order chi connectivity index (χ0) is 17.7. The second-order valence-electron chi connectivity index (χ2n) is 6.81. The van der Waals surface area contributed by atoms with E-state index >= 15 is 0 Å². The first kappa shape index (κ1) is 15.4. The smallest absolute Gasteiger partial charge is 0.0949 e. The highest BCUT2D eigenvalue weighted by molar-refractivity contribution is 6.27. The first-order valence-corrected chi connectivity index (χ1v) is 8.88. The molecule has 5 aromatic rings. The number of aliphatic hydroxyl groups is 2. The number of rotatable bonds is 3. The van der Waals surface area contributed by atoms with Crippen molar-refractivity contribution in [1.82, 2.24) is 4.57 Å². The third-order valence-corrected chi connectivity index (χ3v) is 5.25. The molecule has 2 N–H and O–H groups in total. The monoisotopic (exact) mass is 341 g/mol. The Morgan fingerprint density at radius 2 is 1.19 bits per heavy atom. The fourth-order valence-electron chi connectivity index (χ4n) is 4.09. The van der Waals surface area contributed by atoms with Crippen LogP contribution in [0, 0.1) is 0 Å². The van der Waals surface area contributed by atoms with Crippen LogP contribution in [0.2, 0.25) is 0 Å². The molecular formula is C23H19NO2. The summed E-state index contributed by atoms with van der Waals surface area (Å²) < 4.78 is 2.13. The molecule has 128 valence electrons. The molecule has 3 heteroatoms. The molecule has 0 bridgehead atoms. The van der Waals surface area contributed by atoms with Gasteiger partial charge in [0.05, 0.1) is 19.3 Å². The lowest BCUT2D eigenvalue weighted by Gasteiger charge is -2.12. The van der Waals surface area contributed by atoms with Crippen LogP contribution in [0.1, 0.15) is 0 Å². The van der Waals surface area contributed by atoms with Crippen molar-refractivity contribution in [2.75, 3.05) is 6.61 Å². The quantitative estimate of drug-likeness (QED) is 0.509. The van der Waals surface area contributed by atoms with Gasteiger partial charge in [0.15, 0.2) is 0 Å². The summed E-state index contributed by atoms with van der Waals surface area (Å²) in [5, 5.41) is 26.7. The molecule has 0 aliphatic rings. The lowest BCUT2D eigenvalue weighted by atomic mass is 10.00. The van der Waals surface area contributed by atoms with Crippen LogP contribution in [0.15, 0.2) is 72.8 Å². The summed E-state index contributed by atoms with van der Waals surface area (Å²) in [6.07, 6.45) is -0.785. The van der Waals surface area contributed by atoms with Gasteiger partial charge in [-0.1, -0.05) is 60.7 Å². The molecule has 4 aromatic carbocycles. The molecular weight excluding hydrogens is 322 g/mol. The minimum Gasteiger partial charge on any atom is -0.394 e. The van der Waals surface area contributed by atoms with Gasteiger partial charge >= 0.3 is 0 Å². The molecule has 0 saturated heterocycles. The minimum atomic E-state index is -0.785. The number of fused-ring (bicyclic) bond motifs is 7.